The lowest BCUT2D eigenvalue weighted by molar-refractivity contribution is 0.289. The maximum Gasteiger partial charge on any atom is 0.0337 e. The molecule has 4 N–H and O–H groups in total. The summed E-state index contributed by atoms with van der Waals surface area (Å²) >= 11 is 0. The Hall–Kier alpha value is -1.18. The molecule has 0 atom stereocenters. The first-order chi connectivity index (χ1) is 7.63. The van der Waals surface area contributed by atoms with Gasteiger partial charge in [-0.1, -0.05) is 19.8 Å². The quantitative estimate of drug-likeness (QED) is 0.749. The van der Waals surface area contributed by atoms with Gasteiger partial charge >= 0.3 is 0 Å². The van der Waals surface area contributed by atoms with E-state index in [1.807, 2.05) is 6.07 Å². The summed E-state index contributed by atoms with van der Waals surface area (Å²) in [5.74, 6) is 1.75. The van der Waals surface area contributed by atoms with Crippen LogP contribution in [0, 0.1) is 11.8 Å². The molecule has 16 heavy (non-hydrogen) atoms. The van der Waals surface area contributed by atoms with Crippen LogP contribution >= 0.6 is 0 Å². The molecule has 1 aliphatic rings. The van der Waals surface area contributed by atoms with Gasteiger partial charge < -0.3 is 11.5 Å². The van der Waals surface area contributed by atoms with E-state index in [0.717, 1.165) is 29.6 Å². The third kappa shape index (κ3) is 2.91. The van der Waals surface area contributed by atoms with Gasteiger partial charge in [0.1, 0.15) is 0 Å². The Morgan fingerprint density at radius 3 is 2.12 bits per heavy atom. The van der Waals surface area contributed by atoms with Crippen molar-refractivity contribution >= 4 is 11.4 Å². The Kier molecular flexibility index (Phi) is 3.37. The molecule has 1 aromatic carbocycles. The molecule has 88 valence electrons. The van der Waals surface area contributed by atoms with Crippen molar-refractivity contribution in [3.63, 3.8) is 0 Å². The fourth-order valence-corrected chi connectivity index (χ4v) is 2.73. The van der Waals surface area contributed by atoms with Crippen LogP contribution < -0.4 is 11.5 Å². The fourth-order valence-electron chi connectivity index (χ4n) is 2.73. The number of nitrogen functional groups attached to an aromatic ring is 2. The summed E-state index contributed by atoms with van der Waals surface area (Å²) in [6.45, 7) is 2.36. The second-order valence-corrected chi connectivity index (χ2v) is 5.34. The molecule has 0 saturated heterocycles. The maximum absolute atomic E-state index is 5.81. The molecule has 0 aromatic heterocycles. The molecule has 0 spiro atoms. The number of anilines is 2. The maximum atomic E-state index is 5.81. The summed E-state index contributed by atoms with van der Waals surface area (Å²) in [5, 5.41) is 0. The minimum Gasteiger partial charge on any atom is -0.399 e. The lowest BCUT2D eigenvalue weighted by Crippen LogP contribution is -2.14. The molecule has 0 bridgehead atoms. The molecule has 0 amide bonds. The summed E-state index contributed by atoms with van der Waals surface area (Å²) in [4.78, 5) is 0. The van der Waals surface area contributed by atoms with Crippen LogP contribution in [-0.2, 0) is 6.42 Å². The highest BCUT2D eigenvalue weighted by Crippen LogP contribution is 2.31. The number of nitrogens with two attached hydrogens (primary N) is 2. The SMILES string of the molecule is CC1CCC(Cc2cc(N)cc(N)c2)CC1. The first kappa shape index (κ1) is 11.3. The molecule has 1 aliphatic carbocycles. The smallest absolute Gasteiger partial charge is 0.0337 e. The van der Waals surface area contributed by atoms with E-state index in [-0.39, 0.29) is 0 Å². The molecule has 2 rings (SSSR count). The van der Waals surface area contributed by atoms with E-state index >= 15 is 0 Å². The van der Waals surface area contributed by atoms with Crippen molar-refractivity contribution in [2.45, 2.75) is 39.0 Å². The standard InChI is InChI=1S/C14H22N2/c1-10-2-4-11(5-3-10)6-12-7-13(15)9-14(16)8-12/h7-11H,2-6,15-16H2,1H3. The number of hydrogen-bond donors (Lipinski definition) is 2. The van der Waals surface area contributed by atoms with Crippen LogP contribution in [0.4, 0.5) is 11.4 Å². The Labute approximate surface area is 98.0 Å². The van der Waals surface area contributed by atoms with Gasteiger partial charge in [0.25, 0.3) is 0 Å². The zero-order chi connectivity index (χ0) is 11.5. The molecule has 1 saturated carbocycles. The fraction of sp³-hybridized carbons (Fsp3) is 0.571. The van der Waals surface area contributed by atoms with Crippen molar-refractivity contribution in [1.29, 1.82) is 0 Å². The highest BCUT2D eigenvalue weighted by Gasteiger charge is 2.18. The summed E-state index contributed by atoms with van der Waals surface area (Å²) in [7, 11) is 0. The van der Waals surface area contributed by atoms with Gasteiger partial charge in [-0.3, -0.25) is 0 Å². The number of rotatable bonds is 2. The van der Waals surface area contributed by atoms with Gasteiger partial charge in [0.15, 0.2) is 0 Å². The van der Waals surface area contributed by atoms with Crippen LogP contribution in [0.25, 0.3) is 0 Å². The second kappa shape index (κ2) is 4.77. The monoisotopic (exact) mass is 218 g/mol. The van der Waals surface area contributed by atoms with Gasteiger partial charge in [0, 0.05) is 11.4 Å². The Morgan fingerprint density at radius 2 is 1.56 bits per heavy atom. The van der Waals surface area contributed by atoms with Crippen LogP contribution in [0.15, 0.2) is 18.2 Å². The molecule has 1 aromatic rings. The third-order valence-electron chi connectivity index (χ3n) is 3.70. The van der Waals surface area contributed by atoms with Crippen LogP contribution in [-0.4, -0.2) is 0 Å². The highest BCUT2D eigenvalue weighted by molar-refractivity contribution is 5.54. The Balaban J connectivity index is 1.98. The van der Waals surface area contributed by atoms with Crippen molar-refractivity contribution in [3.05, 3.63) is 23.8 Å². The third-order valence-corrected chi connectivity index (χ3v) is 3.70. The number of benzene rings is 1. The van der Waals surface area contributed by atoms with Gasteiger partial charge in [-0.2, -0.15) is 0 Å². The minimum absolute atomic E-state index is 0.791. The first-order valence-electron chi connectivity index (χ1n) is 6.28. The van der Waals surface area contributed by atoms with Gasteiger partial charge in [-0.05, 0) is 54.9 Å². The van der Waals surface area contributed by atoms with Gasteiger partial charge in [-0.25, -0.2) is 0 Å². The summed E-state index contributed by atoms with van der Waals surface area (Å²) in [5.41, 5.74) is 14.5. The van der Waals surface area contributed by atoms with Crippen molar-refractivity contribution in [1.82, 2.24) is 0 Å². The normalized spacial score (nSPS) is 25.6. The van der Waals surface area contributed by atoms with Crippen LogP contribution in [0.1, 0.15) is 38.2 Å². The molecule has 0 heterocycles. The molecule has 0 unspecified atom stereocenters. The summed E-state index contributed by atoms with van der Waals surface area (Å²) in [6, 6.07) is 5.95. The van der Waals surface area contributed by atoms with Crippen LogP contribution in [0.3, 0.4) is 0 Å². The van der Waals surface area contributed by atoms with Gasteiger partial charge in [0.2, 0.25) is 0 Å². The van der Waals surface area contributed by atoms with E-state index in [4.69, 9.17) is 11.5 Å². The van der Waals surface area contributed by atoms with E-state index in [0.29, 0.717) is 0 Å². The van der Waals surface area contributed by atoms with Crippen molar-refractivity contribution in [3.8, 4) is 0 Å². The van der Waals surface area contributed by atoms with E-state index in [1.54, 1.807) is 0 Å². The van der Waals surface area contributed by atoms with Gasteiger partial charge in [0.05, 0.1) is 0 Å². The minimum atomic E-state index is 0.791. The highest BCUT2D eigenvalue weighted by atomic mass is 14.6. The largest absolute Gasteiger partial charge is 0.399 e. The molecule has 0 aliphatic heterocycles. The lowest BCUT2D eigenvalue weighted by Gasteiger charge is -2.26. The molecule has 0 radical (unpaired) electrons. The van der Waals surface area contributed by atoms with Gasteiger partial charge in [-0.15, -0.1) is 0 Å². The molecular formula is C14H22N2. The zero-order valence-corrected chi connectivity index (χ0v) is 10.1. The average molecular weight is 218 g/mol. The molecular weight excluding hydrogens is 196 g/mol. The molecule has 2 heteroatoms. The second-order valence-electron chi connectivity index (χ2n) is 5.34. The molecule has 1 fully saturated rings. The number of hydrogen-bond acceptors (Lipinski definition) is 2. The first-order valence-corrected chi connectivity index (χ1v) is 6.28. The summed E-state index contributed by atoms with van der Waals surface area (Å²) in [6.07, 6.45) is 6.61. The predicted molar refractivity (Wildman–Crippen MR) is 70.1 cm³/mol. The Bertz CT molecular complexity index is 332. The average Bonchev–Trinajstić information content (AvgIpc) is 2.20. The van der Waals surface area contributed by atoms with E-state index < -0.39 is 0 Å². The van der Waals surface area contributed by atoms with Crippen LogP contribution in [0.2, 0.25) is 0 Å². The van der Waals surface area contributed by atoms with Crippen LogP contribution in [0.5, 0.6) is 0 Å². The van der Waals surface area contributed by atoms with E-state index in [9.17, 15) is 0 Å². The zero-order valence-electron chi connectivity index (χ0n) is 10.1. The molecule has 2 nitrogen and oxygen atoms in total. The lowest BCUT2D eigenvalue weighted by atomic mass is 9.80. The topological polar surface area (TPSA) is 52.0 Å². The van der Waals surface area contributed by atoms with Crippen molar-refractivity contribution in [2.24, 2.45) is 11.8 Å². The van der Waals surface area contributed by atoms with E-state index in [2.05, 4.69) is 19.1 Å². The van der Waals surface area contributed by atoms with Crippen molar-refractivity contribution in [2.75, 3.05) is 11.5 Å². The summed E-state index contributed by atoms with van der Waals surface area (Å²) < 4.78 is 0. The predicted octanol–water partition coefficient (Wildman–Crippen LogP) is 3.22. The van der Waals surface area contributed by atoms with E-state index in [1.165, 1.54) is 31.2 Å². The van der Waals surface area contributed by atoms with Crippen molar-refractivity contribution < 1.29 is 0 Å². The Morgan fingerprint density at radius 1 is 1.00 bits per heavy atom.